The van der Waals surface area contributed by atoms with Crippen LogP contribution in [0.25, 0.3) is 6.08 Å². The lowest BCUT2D eigenvalue weighted by atomic mass is 10.1. The standard InChI is InChI=1S/C23H21ClN2O7S/c1-12-5-4-6-13(2)20(12)25-18(27)10-26-22(30)17(34-23(26)31)9-14-7-15(24)21(16(8-14)32-3)33-11-19(28)29/h4-9H,10-11H2,1-3H3,(H,25,27)(H,28,29)/b17-9+. The van der Waals surface area contributed by atoms with E-state index in [1.807, 2.05) is 32.0 Å². The molecule has 2 aromatic carbocycles. The molecule has 0 unspecified atom stereocenters. The molecular weight excluding hydrogens is 484 g/mol. The number of carboxylic acid groups (broad SMARTS) is 1. The number of methoxy groups -OCH3 is 1. The van der Waals surface area contributed by atoms with Gasteiger partial charge in [0.05, 0.1) is 17.0 Å². The van der Waals surface area contributed by atoms with Crippen molar-refractivity contribution in [3.63, 3.8) is 0 Å². The second-order valence-corrected chi connectivity index (χ2v) is 8.70. The highest BCUT2D eigenvalue weighted by molar-refractivity contribution is 8.18. The monoisotopic (exact) mass is 504 g/mol. The molecule has 0 bridgehead atoms. The number of carbonyl (C=O) groups excluding carboxylic acids is 3. The van der Waals surface area contributed by atoms with Crippen molar-refractivity contribution in [3.8, 4) is 11.5 Å². The molecule has 3 rings (SSSR count). The molecule has 0 aromatic heterocycles. The number of para-hydroxylation sites is 1. The summed E-state index contributed by atoms with van der Waals surface area (Å²) >= 11 is 6.89. The Morgan fingerprint density at radius 3 is 2.50 bits per heavy atom. The van der Waals surface area contributed by atoms with Gasteiger partial charge in [-0.1, -0.05) is 29.8 Å². The first-order valence-corrected chi connectivity index (χ1v) is 11.1. The molecule has 0 radical (unpaired) electrons. The number of anilines is 1. The number of carboxylic acids is 1. The number of thioether (sulfide) groups is 1. The minimum absolute atomic E-state index is 0.0417. The van der Waals surface area contributed by atoms with Gasteiger partial charge in [0.15, 0.2) is 18.1 Å². The van der Waals surface area contributed by atoms with Crippen LogP contribution >= 0.6 is 23.4 Å². The molecule has 1 aliphatic rings. The van der Waals surface area contributed by atoms with Crippen LogP contribution in [0, 0.1) is 13.8 Å². The first-order valence-electron chi connectivity index (χ1n) is 9.94. The van der Waals surface area contributed by atoms with Gasteiger partial charge in [-0.2, -0.15) is 0 Å². The lowest BCUT2D eigenvalue weighted by Crippen LogP contribution is -2.36. The number of hydrogen-bond acceptors (Lipinski definition) is 7. The van der Waals surface area contributed by atoms with Gasteiger partial charge in [0.25, 0.3) is 11.1 Å². The minimum Gasteiger partial charge on any atom is -0.493 e. The Morgan fingerprint density at radius 2 is 1.88 bits per heavy atom. The Hall–Kier alpha value is -3.50. The average molecular weight is 505 g/mol. The highest BCUT2D eigenvalue weighted by Gasteiger charge is 2.36. The van der Waals surface area contributed by atoms with Gasteiger partial charge in [-0.05, 0) is 60.5 Å². The Kier molecular flexibility index (Phi) is 7.85. The summed E-state index contributed by atoms with van der Waals surface area (Å²) in [7, 11) is 1.35. The molecule has 0 atom stereocenters. The molecule has 2 N–H and O–H groups in total. The summed E-state index contributed by atoms with van der Waals surface area (Å²) < 4.78 is 10.4. The van der Waals surface area contributed by atoms with E-state index in [1.54, 1.807) is 0 Å². The van der Waals surface area contributed by atoms with Crippen LogP contribution in [0.15, 0.2) is 35.2 Å². The zero-order valence-electron chi connectivity index (χ0n) is 18.5. The zero-order valence-corrected chi connectivity index (χ0v) is 20.1. The fraction of sp³-hybridized carbons (Fsp3) is 0.217. The number of amides is 3. The number of imide groups is 1. The van der Waals surface area contributed by atoms with Crippen LogP contribution in [0.4, 0.5) is 10.5 Å². The third-order valence-electron chi connectivity index (χ3n) is 4.81. The van der Waals surface area contributed by atoms with Crippen molar-refractivity contribution in [2.45, 2.75) is 13.8 Å². The molecule has 0 spiro atoms. The Labute approximate surface area is 204 Å². The van der Waals surface area contributed by atoms with Gasteiger partial charge in [-0.3, -0.25) is 19.3 Å². The molecule has 1 aliphatic heterocycles. The number of aliphatic carboxylic acids is 1. The molecule has 34 heavy (non-hydrogen) atoms. The maximum absolute atomic E-state index is 12.8. The van der Waals surface area contributed by atoms with E-state index in [-0.39, 0.29) is 21.4 Å². The SMILES string of the molecule is COc1cc(/C=C2/SC(=O)N(CC(=O)Nc3c(C)cccc3C)C2=O)cc(Cl)c1OCC(=O)O. The van der Waals surface area contributed by atoms with E-state index in [9.17, 15) is 19.2 Å². The van der Waals surface area contributed by atoms with Gasteiger partial charge in [0.2, 0.25) is 5.91 Å². The summed E-state index contributed by atoms with van der Waals surface area (Å²) in [6.07, 6.45) is 1.43. The smallest absolute Gasteiger partial charge is 0.341 e. The fourth-order valence-electron chi connectivity index (χ4n) is 3.22. The summed E-state index contributed by atoms with van der Waals surface area (Å²) in [5.74, 6) is -2.09. The van der Waals surface area contributed by atoms with Crippen LogP contribution in [-0.2, 0) is 14.4 Å². The Bertz CT molecular complexity index is 1190. The lowest BCUT2D eigenvalue weighted by molar-refractivity contribution is -0.139. The van der Waals surface area contributed by atoms with E-state index < -0.39 is 36.2 Å². The predicted octanol–water partition coefficient (Wildman–Crippen LogP) is 4.10. The number of nitrogens with one attached hydrogen (secondary N) is 1. The highest BCUT2D eigenvalue weighted by Crippen LogP contribution is 2.39. The molecule has 9 nitrogen and oxygen atoms in total. The number of carbonyl (C=O) groups is 4. The molecule has 1 saturated heterocycles. The summed E-state index contributed by atoms with van der Waals surface area (Å²) in [6, 6.07) is 8.51. The van der Waals surface area contributed by atoms with E-state index in [0.29, 0.717) is 23.0 Å². The predicted molar refractivity (Wildman–Crippen MR) is 128 cm³/mol. The number of ether oxygens (including phenoxy) is 2. The summed E-state index contributed by atoms with van der Waals surface area (Å²) in [5.41, 5.74) is 2.80. The van der Waals surface area contributed by atoms with Gasteiger partial charge in [-0.15, -0.1) is 0 Å². The van der Waals surface area contributed by atoms with Gasteiger partial charge >= 0.3 is 5.97 Å². The largest absolute Gasteiger partial charge is 0.493 e. The van der Waals surface area contributed by atoms with Gasteiger partial charge in [0.1, 0.15) is 6.54 Å². The van der Waals surface area contributed by atoms with Crippen molar-refractivity contribution in [1.29, 1.82) is 0 Å². The van der Waals surface area contributed by atoms with Crippen LogP contribution in [0.3, 0.4) is 0 Å². The number of hydrogen-bond donors (Lipinski definition) is 2. The molecule has 178 valence electrons. The van der Waals surface area contributed by atoms with E-state index in [1.165, 1.54) is 25.3 Å². The zero-order chi connectivity index (χ0) is 25.0. The van der Waals surface area contributed by atoms with Crippen LogP contribution in [0.2, 0.25) is 5.02 Å². The third kappa shape index (κ3) is 5.70. The molecular formula is C23H21ClN2O7S. The van der Waals surface area contributed by atoms with Crippen molar-refractivity contribution in [1.82, 2.24) is 4.90 Å². The number of nitrogens with zero attached hydrogens (tertiary/aromatic N) is 1. The molecule has 3 amide bonds. The van der Waals surface area contributed by atoms with Crippen molar-refractivity contribution >= 4 is 58.1 Å². The van der Waals surface area contributed by atoms with Crippen molar-refractivity contribution in [3.05, 3.63) is 56.9 Å². The third-order valence-corrected chi connectivity index (χ3v) is 6.00. The molecule has 2 aromatic rings. The number of benzene rings is 2. The Morgan fingerprint density at radius 1 is 1.21 bits per heavy atom. The second kappa shape index (κ2) is 10.6. The Balaban J connectivity index is 1.77. The number of halogens is 1. The van der Waals surface area contributed by atoms with Gasteiger partial charge < -0.3 is 19.9 Å². The minimum atomic E-state index is -1.18. The van der Waals surface area contributed by atoms with E-state index >= 15 is 0 Å². The van der Waals surface area contributed by atoms with Crippen LogP contribution in [0.5, 0.6) is 11.5 Å². The van der Waals surface area contributed by atoms with Crippen LogP contribution < -0.4 is 14.8 Å². The van der Waals surface area contributed by atoms with E-state index in [4.69, 9.17) is 26.2 Å². The lowest BCUT2D eigenvalue weighted by Gasteiger charge is -2.15. The van der Waals surface area contributed by atoms with Crippen LogP contribution in [0.1, 0.15) is 16.7 Å². The average Bonchev–Trinajstić information content (AvgIpc) is 3.02. The van der Waals surface area contributed by atoms with Gasteiger partial charge in [-0.25, -0.2) is 4.79 Å². The first kappa shape index (κ1) is 25.1. The molecule has 0 saturated carbocycles. The molecule has 0 aliphatic carbocycles. The normalized spacial score (nSPS) is 14.5. The van der Waals surface area contributed by atoms with Crippen molar-refractivity contribution in [2.75, 3.05) is 25.6 Å². The maximum atomic E-state index is 12.8. The fourth-order valence-corrected chi connectivity index (χ4v) is 4.33. The summed E-state index contributed by atoms with van der Waals surface area (Å²) in [6.45, 7) is 2.66. The van der Waals surface area contributed by atoms with Crippen molar-refractivity contribution in [2.24, 2.45) is 0 Å². The number of rotatable bonds is 8. The van der Waals surface area contributed by atoms with E-state index in [2.05, 4.69) is 5.32 Å². The van der Waals surface area contributed by atoms with Crippen molar-refractivity contribution < 1.29 is 33.8 Å². The molecule has 11 heteroatoms. The topological polar surface area (TPSA) is 122 Å². The first-order chi connectivity index (χ1) is 16.1. The molecule has 1 fully saturated rings. The summed E-state index contributed by atoms with van der Waals surface area (Å²) in [5, 5.41) is 11.0. The quantitative estimate of drug-likeness (QED) is 0.515. The van der Waals surface area contributed by atoms with Crippen LogP contribution in [-0.4, -0.2) is 53.3 Å². The second-order valence-electron chi connectivity index (χ2n) is 7.30. The molecule has 1 heterocycles. The van der Waals surface area contributed by atoms with Gasteiger partial charge in [0, 0.05) is 5.69 Å². The summed E-state index contributed by atoms with van der Waals surface area (Å²) in [4.78, 5) is 49.5. The maximum Gasteiger partial charge on any atom is 0.341 e. The van der Waals surface area contributed by atoms with E-state index in [0.717, 1.165) is 16.0 Å². The highest BCUT2D eigenvalue weighted by atomic mass is 35.5. The number of aryl methyl sites for hydroxylation is 2.